The van der Waals surface area contributed by atoms with Crippen LogP contribution in [-0.4, -0.2) is 27.0 Å². The Morgan fingerprint density at radius 1 is 1.50 bits per heavy atom. The van der Waals surface area contributed by atoms with Crippen LogP contribution in [0.2, 0.25) is 0 Å². The number of nitrogens with two attached hydrogens (primary N) is 1. The Hall–Kier alpha value is -1.98. The number of aliphatic carboxylic acids is 1. The van der Waals surface area contributed by atoms with Gasteiger partial charge in [0.25, 0.3) is 0 Å². The number of aromatic nitrogens is 2. The molecular formula is C8H9N3O3. The first-order valence-corrected chi connectivity index (χ1v) is 3.79. The lowest BCUT2D eigenvalue weighted by Gasteiger charge is -2.19. The van der Waals surface area contributed by atoms with Crippen LogP contribution in [0.15, 0.2) is 18.6 Å². The summed E-state index contributed by atoms with van der Waals surface area (Å²) in [4.78, 5) is 29.4. The van der Waals surface area contributed by atoms with E-state index in [1.54, 1.807) is 0 Å². The van der Waals surface area contributed by atoms with Gasteiger partial charge in [-0.2, -0.15) is 0 Å². The van der Waals surface area contributed by atoms with Crippen LogP contribution in [0.4, 0.5) is 0 Å². The Morgan fingerprint density at radius 2 is 2.14 bits per heavy atom. The zero-order valence-electron chi connectivity index (χ0n) is 7.47. The first-order chi connectivity index (χ1) is 6.49. The Kier molecular flexibility index (Phi) is 2.46. The van der Waals surface area contributed by atoms with Gasteiger partial charge in [0, 0.05) is 12.4 Å². The molecule has 0 saturated heterocycles. The second-order valence-corrected chi connectivity index (χ2v) is 2.89. The number of carboxylic acid groups (broad SMARTS) is 1. The van der Waals surface area contributed by atoms with Crippen LogP contribution < -0.4 is 5.73 Å². The molecule has 0 aliphatic carbocycles. The molecule has 0 spiro atoms. The predicted molar refractivity (Wildman–Crippen MR) is 46.2 cm³/mol. The average Bonchev–Trinajstić information content (AvgIpc) is 2.17. The third-order valence-corrected chi connectivity index (χ3v) is 2.00. The van der Waals surface area contributed by atoms with Crippen molar-refractivity contribution in [3.63, 3.8) is 0 Å². The van der Waals surface area contributed by atoms with E-state index in [0.717, 1.165) is 0 Å². The lowest BCUT2D eigenvalue weighted by molar-refractivity contribution is -0.148. The van der Waals surface area contributed by atoms with Crippen molar-refractivity contribution in [1.29, 1.82) is 0 Å². The van der Waals surface area contributed by atoms with Crippen molar-refractivity contribution < 1.29 is 14.7 Å². The zero-order chi connectivity index (χ0) is 10.8. The highest BCUT2D eigenvalue weighted by Gasteiger charge is 2.43. The molecule has 1 rings (SSSR count). The van der Waals surface area contributed by atoms with Gasteiger partial charge in [-0.1, -0.05) is 0 Å². The maximum atomic E-state index is 11.0. The highest BCUT2D eigenvalue weighted by molar-refractivity contribution is 6.06. The molecule has 0 aliphatic rings. The molecule has 0 aromatic carbocycles. The van der Waals surface area contributed by atoms with E-state index in [1.807, 2.05) is 0 Å². The lowest BCUT2D eigenvalue weighted by atomic mass is 9.86. The van der Waals surface area contributed by atoms with Crippen molar-refractivity contribution >= 4 is 11.9 Å². The number of carboxylic acids is 1. The first kappa shape index (κ1) is 10.1. The molecule has 3 N–H and O–H groups in total. The van der Waals surface area contributed by atoms with Gasteiger partial charge < -0.3 is 10.8 Å². The Bertz CT molecular complexity index is 349. The van der Waals surface area contributed by atoms with Crippen molar-refractivity contribution in [2.75, 3.05) is 0 Å². The van der Waals surface area contributed by atoms with E-state index in [2.05, 4.69) is 9.97 Å². The number of hydrogen-bond acceptors (Lipinski definition) is 4. The van der Waals surface area contributed by atoms with Crippen LogP contribution in [0.3, 0.4) is 0 Å². The summed E-state index contributed by atoms with van der Waals surface area (Å²) in [6.45, 7) is 1.20. The Labute approximate surface area is 79.8 Å². The van der Waals surface area contributed by atoms with Gasteiger partial charge in [0.15, 0.2) is 5.41 Å². The van der Waals surface area contributed by atoms with Crippen molar-refractivity contribution in [1.82, 2.24) is 9.97 Å². The molecule has 1 aromatic rings. The molecule has 0 fully saturated rings. The molecule has 6 heteroatoms. The minimum absolute atomic E-state index is 0.0278. The Morgan fingerprint density at radius 3 is 2.50 bits per heavy atom. The summed E-state index contributed by atoms with van der Waals surface area (Å²) in [5.41, 5.74) is 3.22. The molecule has 1 atom stereocenters. The maximum Gasteiger partial charge on any atom is 0.325 e. The predicted octanol–water partition coefficient (Wildman–Crippen LogP) is -0.696. The van der Waals surface area contributed by atoms with E-state index in [4.69, 9.17) is 10.8 Å². The number of amides is 1. The van der Waals surface area contributed by atoms with E-state index in [0.29, 0.717) is 0 Å². The first-order valence-electron chi connectivity index (χ1n) is 3.79. The maximum absolute atomic E-state index is 11.0. The summed E-state index contributed by atoms with van der Waals surface area (Å²) in [7, 11) is 0. The molecule has 6 nitrogen and oxygen atoms in total. The van der Waals surface area contributed by atoms with Crippen LogP contribution in [0.5, 0.6) is 0 Å². The zero-order valence-corrected chi connectivity index (χ0v) is 7.47. The number of carbonyl (C=O) groups is 2. The van der Waals surface area contributed by atoms with Crippen molar-refractivity contribution in [2.45, 2.75) is 12.3 Å². The average molecular weight is 195 g/mol. The van der Waals surface area contributed by atoms with Crippen molar-refractivity contribution in [3.8, 4) is 0 Å². The van der Waals surface area contributed by atoms with E-state index < -0.39 is 17.3 Å². The minimum Gasteiger partial charge on any atom is -0.480 e. The van der Waals surface area contributed by atoms with E-state index in [9.17, 15) is 9.59 Å². The van der Waals surface area contributed by atoms with Gasteiger partial charge in [0.1, 0.15) is 0 Å². The third-order valence-electron chi connectivity index (χ3n) is 2.00. The number of nitrogens with zero attached hydrogens (tertiary/aromatic N) is 2. The number of primary amides is 1. The second kappa shape index (κ2) is 3.41. The third kappa shape index (κ3) is 1.41. The quantitative estimate of drug-likeness (QED) is 0.620. The van der Waals surface area contributed by atoms with E-state index in [-0.39, 0.29) is 5.69 Å². The molecule has 1 aromatic heterocycles. The number of carbonyl (C=O) groups excluding carboxylic acids is 1. The minimum atomic E-state index is -1.83. The van der Waals surface area contributed by atoms with Crippen molar-refractivity contribution in [2.24, 2.45) is 5.73 Å². The van der Waals surface area contributed by atoms with Gasteiger partial charge >= 0.3 is 5.97 Å². The summed E-state index contributed by atoms with van der Waals surface area (Å²) in [6, 6.07) is 0. The summed E-state index contributed by atoms with van der Waals surface area (Å²) in [6.07, 6.45) is 3.89. The van der Waals surface area contributed by atoms with Gasteiger partial charge in [-0.25, -0.2) is 0 Å². The second-order valence-electron chi connectivity index (χ2n) is 2.89. The molecule has 0 bridgehead atoms. The van der Waals surface area contributed by atoms with Crippen LogP contribution in [-0.2, 0) is 15.0 Å². The largest absolute Gasteiger partial charge is 0.480 e. The topological polar surface area (TPSA) is 106 Å². The molecule has 1 amide bonds. The molecule has 1 heterocycles. The summed E-state index contributed by atoms with van der Waals surface area (Å²) in [5, 5.41) is 8.89. The molecule has 1 unspecified atom stereocenters. The standard InChI is InChI=1S/C8H9N3O3/c1-8(6(9)12,7(13)14)5-4-10-2-3-11-5/h2-4H,1H3,(H2,9,12)(H,13,14). The monoisotopic (exact) mass is 195 g/mol. The highest BCUT2D eigenvalue weighted by atomic mass is 16.4. The normalized spacial score (nSPS) is 14.4. The SMILES string of the molecule is CC(C(N)=O)(C(=O)O)c1cnccn1. The van der Waals surface area contributed by atoms with Crippen LogP contribution in [0.25, 0.3) is 0 Å². The lowest BCUT2D eigenvalue weighted by Crippen LogP contribution is -2.46. The molecule has 0 saturated carbocycles. The summed E-state index contributed by atoms with van der Waals surface area (Å²) < 4.78 is 0. The van der Waals surface area contributed by atoms with E-state index >= 15 is 0 Å². The Balaban J connectivity index is 3.27. The molecule has 14 heavy (non-hydrogen) atoms. The summed E-state index contributed by atoms with van der Waals surface area (Å²) in [5.74, 6) is -2.31. The smallest absolute Gasteiger partial charge is 0.325 e. The van der Waals surface area contributed by atoms with Crippen molar-refractivity contribution in [3.05, 3.63) is 24.3 Å². The fourth-order valence-electron chi connectivity index (χ4n) is 0.898. The molecule has 0 aliphatic heterocycles. The van der Waals surface area contributed by atoms with Gasteiger partial charge in [0.2, 0.25) is 5.91 Å². The van der Waals surface area contributed by atoms with Gasteiger partial charge in [0.05, 0.1) is 11.9 Å². The van der Waals surface area contributed by atoms with Crippen LogP contribution in [0, 0.1) is 0 Å². The fraction of sp³-hybridized carbons (Fsp3) is 0.250. The molecule has 0 radical (unpaired) electrons. The number of hydrogen-bond donors (Lipinski definition) is 2. The highest BCUT2D eigenvalue weighted by Crippen LogP contribution is 2.20. The van der Waals surface area contributed by atoms with Gasteiger partial charge in [-0.15, -0.1) is 0 Å². The fourth-order valence-corrected chi connectivity index (χ4v) is 0.898. The molecular weight excluding hydrogens is 186 g/mol. The summed E-state index contributed by atoms with van der Waals surface area (Å²) >= 11 is 0. The van der Waals surface area contributed by atoms with E-state index in [1.165, 1.54) is 25.5 Å². The van der Waals surface area contributed by atoms with Crippen LogP contribution >= 0.6 is 0 Å². The van der Waals surface area contributed by atoms with Crippen LogP contribution in [0.1, 0.15) is 12.6 Å². The van der Waals surface area contributed by atoms with Gasteiger partial charge in [-0.3, -0.25) is 19.6 Å². The molecule has 74 valence electrons. The van der Waals surface area contributed by atoms with Gasteiger partial charge in [-0.05, 0) is 6.92 Å². The number of rotatable bonds is 3.